The molecule has 2 aromatic rings. The zero-order valence-corrected chi connectivity index (χ0v) is 12.1. The average Bonchev–Trinajstić information content (AvgIpc) is 3.34. The normalized spacial score (nSPS) is 18.6. The highest BCUT2D eigenvalue weighted by atomic mass is 19.4. The SMILES string of the molecule is O=C(O)Cn1nc(C2CC2)c2c(C(F)(F)F)cc(C3CC3)nc21. The van der Waals surface area contributed by atoms with Gasteiger partial charge in [-0.3, -0.25) is 4.79 Å². The zero-order valence-electron chi connectivity index (χ0n) is 12.1. The summed E-state index contributed by atoms with van der Waals surface area (Å²) in [7, 11) is 0. The van der Waals surface area contributed by atoms with Crippen molar-refractivity contribution in [2.75, 3.05) is 0 Å². The first-order valence-corrected chi connectivity index (χ1v) is 7.55. The molecule has 0 bridgehead atoms. The van der Waals surface area contributed by atoms with Crippen molar-refractivity contribution in [1.82, 2.24) is 14.8 Å². The van der Waals surface area contributed by atoms with Gasteiger partial charge in [0.05, 0.1) is 16.6 Å². The topological polar surface area (TPSA) is 68.0 Å². The molecule has 0 spiro atoms. The first-order chi connectivity index (χ1) is 10.8. The van der Waals surface area contributed by atoms with Crippen molar-refractivity contribution < 1.29 is 23.1 Å². The minimum atomic E-state index is -4.51. The quantitative estimate of drug-likeness (QED) is 0.936. The van der Waals surface area contributed by atoms with Crippen molar-refractivity contribution in [2.24, 2.45) is 0 Å². The number of aromatic nitrogens is 3. The van der Waals surface area contributed by atoms with Crippen LogP contribution in [-0.4, -0.2) is 25.8 Å². The maximum Gasteiger partial charge on any atom is 0.417 e. The summed E-state index contributed by atoms with van der Waals surface area (Å²) in [5.74, 6) is -1.13. The number of carboxylic acids is 1. The van der Waals surface area contributed by atoms with Crippen LogP contribution < -0.4 is 0 Å². The number of carbonyl (C=O) groups is 1. The van der Waals surface area contributed by atoms with Crippen LogP contribution in [-0.2, 0) is 17.5 Å². The Morgan fingerprint density at radius 1 is 1.26 bits per heavy atom. The summed E-state index contributed by atoms with van der Waals surface area (Å²) in [6, 6.07) is 1.12. The summed E-state index contributed by atoms with van der Waals surface area (Å²) < 4.78 is 41.7. The van der Waals surface area contributed by atoms with E-state index in [4.69, 9.17) is 5.11 Å². The molecule has 122 valence electrons. The molecule has 2 aromatic heterocycles. The van der Waals surface area contributed by atoms with Crippen LogP contribution in [0.15, 0.2) is 6.07 Å². The largest absolute Gasteiger partial charge is 0.480 e. The number of fused-ring (bicyclic) bond motifs is 1. The molecule has 0 atom stereocenters. The van der Waals surface area contributed by atoms with E-state index >= 15 is 0 Å². The second-order valence-corrected chi connectivity index (χ2v) is 6.28. The van der Waals surface area contributed by atoms with Crippen LogP contribution in [0.25, 0.3) is 11.0 Å². The van der Waals surface area contributed by atoms with Gasteiger partial charge in [-0.1, -0.05) is 0 Å². The minimum absolute atomic E-state index is 0.0225. The van der Waals surface area contributed by atoms with Gasteiger partial charge < -0.3 is 5.11 Å². The second-order valence-electron chi connectivity index (χ2n) is 6.28. The standard InChI is InChI=1S/C15H14F3N3O2/c16-15(17,18)9-5-10(7-1-2-7)19-14-12(9)13(8-3-4-8)20-21(14)6-11(22)23/h5,7-8H,1-4,6H2,(H,22,23). The highest BCUT2D eigenvalue weighted by Gasteiger charge is 2.40. The van der Waals surface area contributed by atoms with Gasteiger partial charge in [0.25, 0.3) is 0 Å². The smallest absolute Gasteiger partial charge is 0.417 e. The van der Waals surface area contributed by atoms with E-state index in [0.29, 0.717) is 11.4 Å². The van der Waals surface area contributed by atoms with Crippen molar-refractivity contribution >= 4 is 17.0 Å². The van der Waals surface area contributed by atoms with Crippen molar-refractivity contribution in [3.63, 3.8) is 0 Å². The molecule has 2 aliphatic carbocycles. The number of carboxylic acid groups (broad SMARTS) is 1. The van der Waals surface area contributed by atoms with E-state index in [1.807, 2.05) is 0 Å². The van der Waals surface area contributed by atoms with Crippen LogP contribution in [0.4, 0.5) is 13.2 Å². The Labute approximate surface area is 129 Å². The second kappa shape index (κ2) is 4.69. The number of rotatable bonds is 4. The van der Waals surface area contributed by atoms with Crippen molar-refractivity contribution in [1.29, 1.82) is 0 Å². The molecule has 1 N–H and O–H groups in total. The fraction of sp³-hybridized carbons (Fsp3) is 0.533. The lowest BCUT2D eigenvalue weighted by atomic mass is 10.1. The van der Waals surface area contributed by atoms with Crippen molar-refractivity contribution in [2.45, 2.75) is 50.2 Å². The molecular weight excluding hydrogens is 311 g/mol. The van der Waals surface area contributed by atoms with Crippen LogP contribution in [0, 0.1) is 0 Å². The molecule has 5 nitrogen and oxygen atoms in total. The fourth-order valence-electron chi connectivity index (χ4n) is 2.91. The Hall–Kier alpha value is -2.12. The summed E-state index contributed by atoms with van der Waals surface area (Å²) in [4.78, 5) is 15.3. The van der Waals surface area contributed by atoms with Crippen molar-refractivity contribution in [3.8, 4) is 0 Å². The Balaban J connectivity index is 2.00. The average molecular weight is 325 g/mol. The van der Waals surface area contributed by atoms with Gasteiger partial charge in [0.2, 0.25) is 0 Å². The molecule has 0 aromatic carbocycles. The van der Waals surface area contributed by atoms with E-state index < -0.39 is 24.3 Å². The molecule has 0 unspecified atom stereocenters. The zero-order chi connectivity index (χ0) is 16.4. The van der Waals surface area contributed by atoms with Gasteiger partial charge in [0.1, 0.15) is 6.54 Å². The summed E-state index contributed by atoms with van der Waals surface area (Å²) in [6.45, 7) is -0.484. The lowest BCUT2D eigenvalue weighted by Crippen LogP contribution is -2.12. The first kappa shape index (κ1) is 14.5. The summed E-state index contributed by atoms with van der Waals surface area (Å²) in [6.07, 6.45) is -1.32. The van der Waals surface area contributed by atoms with E-state index in [-0.39, 0.29) is 22.9 Å². The molecule has 0 amide bonds. The fourth-order valence-corrected chi connectivity index (χ4v) is 2.91. The highest BCUT2D eigenvalue weighted by Crippen LogP contribution is 2.48. The maximum atomic E-state index is 13.5. The molecule has 23 heavy (non-hydrogen) atoms. The first-order valence-electron chi connectivity index (χ1n) is 7.55. The number of pyridine rings is 1. The van der Waals surface area contributed by atoms with Crippen LogP contribution in [0.3, 0.4) is 0 Å². The monoisotopic (exact) mass is 325 g/mol. The third kappa shape index (κ3) is 2.55. The molecular formula is C15H14F3N3O2. The summed E-state index contributed by atoms with van der Waals surface area (Å²) in [5.41, 5.74) is 0.0381. The third-order valence-electron chi connectivity index (χ3n) is 4.30. The molecule has 0 aliphatic heterocycles. The number of halogens is 3. The van der Waals surface area contributed by atoms with Gasteiger partial charge >= 0.3 is 12.1 Å². The number of nitrogens with zero attached hydrogens (tertiary/aromatic N) is 3. The number of alkyl halides is 3. The Kier molecular flexibility index (Phi) is 2.95. The van der Waals surface area contributed by atoms with Gasteiger partial charge in [-0.15, -0.1) is 0 Å². The van der Waals surface area contributed by atoms with Gasteiger partial charge in [0, 0.05) is 17.5 Å². The van der Waals surface area contributed by atoms with Crippen LogP contribution in [0.5, 0.6) is 0 Å². The lowest BCUT2D eigenvalue weighted by molar-refractivity contribution is -0.138. The molecule has 2 saturated carbocycles. The highest BCUT2D eigenvalue weighted by molar-refractivity contribution is 5.85. The van der Waals surface area contributed by atoms with E-state index in [0.717, 1.165) is 36.4 Å². The number of aliphatic carboxylic acids is 1. The molecule has 8 heteroatoms. The van der Waals surface area contributed by atoms with Gasteiger partial charge in [-0.25, -0.2) is 9.67 Å². The predicted molar refractivity (Wildman–Crippen MR) is 74.1 cm³/mol. The Morgan fingerprint density at radius 3 is 2.43 bits per heavy atom. The van der Waals surface area contributed by atoms with Gasteiger partial charge in [0.15, 0.2) is 5.65 Å². The van der Waals surface area contributed by atoms with E-state index in [1.54, 1.807) is 0 Å². The molecule has 2 aliphatic rings. The van der Waals surface area contributed by atoms with Crippen LogP contribution >= 0.6 is 0 Å². The van der Waals surface area contributed by atoms with Crippen LogP contribution in [0.2, 0.25) is 0 Å². The summed E-state index contributed by atoms with van der Waals surface area (Å²) >= 11 is 0. The number of hydrogen-bond acceptors (Lipinski definition) is 3. The predicted octanol–water partition coefficient (Wildman–Crippen LogP) is 3.29. The van der Waals surface area contributed by atoms with Gasteiger partial charge in [-0.05, 0) is 31.7 Å². The number of hydrogen-bond donors (Lipinski definition) is 1. The van der Waals surface area contributed by atoms with Crippen LogP contribution in [0.1, 0.15) is 54.5 Å². The molecule has 4 rings (SSSR count). The maximum absolute atomic E-state index is 13.5. The van der Waals surface area contributed by atoms with E-state index in [1.165, 1.54) is 0 Å². The molecule has 0 saturated heterocycles. The minimum Gasteiger partial charge on any atom is -0.480 e. The van der Waals surface area contributed by atoms with Crippen molar-refractivity contribution in [3.05, 3.63) is 23.0 Å². The van der Waals surface area contributed by atoms with E-state index in [9.17, 15) is 18.0 Å². The van der Waals surface area contributed by atoms with E-state index in [2.05, 4.69) is 10.1 Å². The third-order valence-corrected chi connectivity index (χ3v) is 4.30. The Bertz CT molecular complexity index is 804. The molecule has 2 heterocycles. The van der Waals surface area contributed by atoms with Gasteiger partial charge in [-0.2, -0.15) is 18.3 Å². The lowest BCUT2D eigenvalue weighted by Gasteiger charge is -2.11. The molecule has 2 fully saturated rings. The molecule has 0 radical (unpaired) electrons. The summed E-state index contributed by atoms with van der Waals surface area (Å²) in [5, 5.41) is 13.1. The Morgan fingerprint density at radius 2 is 1.91 bits per heavy atom.